The molecule has 0 fully saturated rings. The maximum absolute atomic E-state index is 10.3. The first-order chi connectivity index (χ1) is 9.54. The fourth-order valence-electron chi connectivity index (χ4n) is 2.33. The van der Waals surface area contributed by atoms with Crippen LogP contribution in [-0.4, -0.2) is 5.11 Å². The molecule has 2 nitrogen and oxygen atoms in total. The molecule has 0 radical (unpaired) electrons. The molecule has 1 unspecified atom stereocenters. The number of benzene rings is 2. The summed E-state index contributed by atoms with van der Waals surface area (Å²) in [6.45, 7) is 0. The summed E-state index contributed by atoms with van der Waals surface area (Å²) in [4.78, 5) is 0. The van der Waals surface area contributed by atoms with E-state index in [1.165, 1.54) is 0 Å². The number of hydrogen-bond donors (Lipinski definition) is 1. The SMILES string of the molecule is O[C@H]1CC(c2ccc(Cl)c(Br)c2)Oc2ccc(Br)cc21. The van der Waals surface area contributed by atoms with Crippen LogP contribution in [0.3, 0.4) is 0 Å². The largest absolute Gasteiger partial charge is 0.485 e. The Morgan fingerprint density at radius 1 is 1.15 bits per heavy atom. The predicted molar refractivity (Wildman–Crippen MR) is 86.2 cm³/mol. The molecule has 1 heterocycles. The predicted octanol–water partition coefficient (Wildman–Crippen LogP) is 5.42. The van der Waals surface area contributed by atoms with Gasteiger partial charge in [-0.3, -0.25) is 0 Å². The van der Waals surface area contributed by atoms with Crippen molar-refractivity contribution in [3.63, 3.8) is 0 Å². The van der Waals surface area contributed by atoms with Crippen LogP contribution in [0.4, 0.5) is 0 Å². The normalized spacial score (nSPS) is 21.2. The van der Waals surface area contributed by atoms with Gasteiger partial charge in [0.1, 0.15) is 11.9 Å². The molecule has 0 aliphatic carbocycles. The maximum atomic E-state index is 10.3. The van der Waals surface area contributed by atoms with Crippen LogP contribution in [0, 0.1) is 0 Å². The molecule has 1 aliphatic rings. The van der Waals surface area contributed by atoms with Gasteiger partial charge >= 0.3 is 0 Å². The van der Waals surface area contributed by atoms with Crippen LogP contribution in [0.5, 0.6) is 5.75 Å². The number of hydrogen-bond acceptors (Lipinski definition) is 2. The minimum absolute atomic E-state index is 0.174. The zero-order chi connectivity index (χ0) is 14.3. The van der Waals surface area contributed by atoms with Crippen molar-refractivity contribution in [1.82, 2.24) is 0 Å². The molecule has 104 valence electrons. The Morgan fingerprint density at radius 2 is 1.95 bits per heavy atom. The van der Waals surface area contributed by atoms with Gasteiger partial charge in [-0.1, -0.05) is 33.6 Å². The van der Waals surface area contributed by atoms with Crippen molar-refractivity contribution < 1.29 is 9.84 Å². The molecule has 0 saturated carbocycles. The summed E-state index contributed by atoms with van der Waals surface area (Å²) in [6, 6.07) is 11.4. The van der Waals surface area contributed by atoms with Crippen molar-refractivity contribution in [1.29, 1.82) is 0 Å². The van der Waals surface area contributed by atoms with E-state index in [1.54, 1.807) is 0 Å². The Labute approximate surface area is 139 Å². The summed E-state index contributed by atoms with van der Waals surface area (Å²) >= 11 is 12.8. The van der Waals surface area contributed by atoms with Gasteiger partial charge in [0.05, 0.1) is 11.1 Å². The van der Waals surface area contributed by atoms with Gasteiger partial charge in [0.15, 0.2) is 0 Å². The van der Waals surface area contributed by atoms with Crippen molar-refractivity contribution in [3.8, 4) is 5.75 Å². The minimum atomic E-state index is -0.532. The van der Waals surface area contributed by atoms with E-state index in [0.29, 0.717) is 11.4 Å². The van der Waals surface area contributed by atoms with Gasteiger partial charge in [0.2, 0.25) is 0 Å². The highest BCUT2D eigenvalue weighted by Crippen LogP contribution is 2.42. The van der Waals surface area contributed by atoms with Gasteiger partial charge in [0, 0.05) is 20.9 Å². The van der Waals surface area contributed by atoms with E-state index in [-0.39, 0.29) is 6.10 Å². The van der Waals surface area contributed by atoms with Gasteiger partial charge in [0.25, 0.3) is 0 Å². The quantitative estimate of drug-likeness (QED) is 0.670. The van der Waals surface area contributed by atoms with Crippen LogP contribution in [0.15, 0.2) is 45.3 Å². The number of aliphatic hydroxyl groups is 1. The first kappa shape index (κ1) is 14.4. The standard InChI is InChI=1S/C15H11Br2ClO2/c16-9-2-4-14-10(6-9)13(19)7-15(20-14)8-1-3-12(18)11(17)5-8/h1-6,13,15,19H,7H2/t13-,15?/m0/s1. The number of halogens is 3. The Morgan fingerprint density at radius 3 is 2.70 bits per heavy atom. The van der Waals surface area contributed by atoms with E-state index < -0.39 is 6.10 Å². The van der Waals surface area contributed by atoms with Gasteiger partial charge in [-0.2, -0.15) is 0 Å². The van der Waals surface area contributed by atoms with Crippen LogP contribution in [-0.2, 0) is 0 Å². The molecule has 20 heavy (non-hydrogen) atoms. The van der Waals surface area contributed by atoms with Crippen LogP contribution in [0.1, 0.15) is 29.8 Å². The third-order valence-electron chi connectivity index (χ3n) is 3.35. The second kappa shape index (κ2) is 5.68. The Kier molecular flexibility index (Phi) is 4.09. The summed E-state index contributed by atoms with van der Waals surface area (Å²) < 4.78 is 7.76. The number of aliphatic hydroxyl groups excluding tert-OH is 1. The summed E-state index contributed by atoms with van der Waals surface area (Å²) in [6.07, 6.45) is -0.180. The molecule has 2 aromatic rings. The lowest BCUT2D eigenvalue weighted by molar-refractivity contribution is 0.0656. The van der Waals surface area contributed by atoms with Crippen LogP contribution < -0.4 is 4.74 Å². The fourth-order valence-corrected chi connectivity index (χ4v) is 3.23. The lowest BCUT2D eigenvalue weighted by atomic mass is 9.95. The maximum Gasteiger partial charge on any atom is 0.127 e. The molecule has 0 spiro atoms. The minimum Gasteiger partial charge on any atom is -0.485 e. The van der Waals surface area contributed by atoms with Gasteiger partial charge < -0.3 is 9.84 Å². The van der Waals surface area contributed by atoms with E-state index in [1.807, 2.05) is 36.4 Å². The Bertz CT molecular complexity index is 660. The molecule has 0 bridgehead atoms. The van der Waals surface area contributed by atoms with Crippen LogP contribution in [0.2, 0.25) is 5.02 Å². The molecule has 0 amide bonds. The third-order valence-corrected chi connectivity index (χ3v) is 5.06. The number of rotatable bonds is 1. The summed E-state index contributed by atoms with van der Waals surface area (Å²) in [5, 5.41) is 11.0. The highest BCUT2D eigenvalue weighted by atomic mass is 79.9. The van der Waals surface area contributed by atoms with Gasteiger partial charge in [-0.25, -0.2) is 0 Å². The molecule has 2 aromatic carbocycles. The van der Waals surface area contributed by atoms with E-state index in [0.717, 1.165) is 25.8 Å². The molecular weight excluding hydrogens is 407 g/mol. The van der Waals surface area contributed by atoms with E-state index >= 15 is 0 Å². The number of ether oxygens (including phenoxy) is 1. The van der Waals surface area contributed by atoms with Crippen molar-refractivity contribution >= 4 is 43.5 Å². The molecule has 0 aromatic heterocycles. The molecule has 5 heteroatoms. The topological polar surface area (TPSA) is 29.5 Å². The molecule has 1 N–H and O–H groups in total. The molecule has 1 aliphatic heterocycles. The van der Waals surface area contributed by atoms with Gasteiger partial charge in [-0.15, -0.1) is 0 Å². The van der Waals surface area contributed by atoms with Crippen molar-refractivity contribution in [2.24, 2.45) is 0 Å². The summed E-state index contributed by atoms with van der Waals surface area (Å²) in [5.41, 5.74) is 1.82. The summed E-state index contributed by atoms with van der Waals surface area (Å²) in [7, 11) is 0. The summed E-state index contributed by atoms with van der Waals surface area (Å²) in [5.74, 6) is 0.725. The second-order valence-electron chi connectivity index (χ2n) is 4.71. The Balaban J connectivity index is 1.94. The first-order valence-electron chi connectivity index (χ1n) is 6.13. The second-order valence-corrected chi connectivity index (χ2v) is 6.89. The van der Waals surface area contributed by atoms with Crippen molar-refractivity contribution in [2.75, 3.05) is 0 Å². The lowest BCUT2D eigenvalue weighted by Crippen LogP contribution is -2.19. The molecule has 3 rings (SSSR count). The van der Waals surface area contributed by atoms with E-state index in [2.05, 4.69) is 31.9 Å². The molecular formula is C15H11Br2ClO2. The zero-order valence-electron chi connectivity index (χ0n) is 10.3. The fraction of sp³-hybridized carbons (Fsp3) is 0.200. The average Bonchev–Trinajstić information content (AvgIpc) is 2.42. The molecule has 2 atom stereocenters. The highest BCUT2D eigenvalue weighted by molar-refractivity contribution is 9.10. The van der Waals surface area contributed by atoms with E-state index in [4.69, 9.17) is 16.3 Å². The molecule has 0 saturated heterocycles. The van der Waals surface area contributed by atoms with Crippen LogP contribution >= 0.6 is 43.5 Å². The third kappa shape index (κ3) is 2.75. The van der Waals surface area contributed by atoms with Crippen molar-refractivity contribution in [3.05, 3.63) is 61.5 Å². The Hall–Kier alpha value is -0.550. The number of fused-ring (bicyclic) bond motifs is 1. The first-order valence-corrected chi connectivity index (χ1v) is 8.10. The van der Waals surface area contributed by atoms with Crippen LogP contribution in [0.25, 0.3) is 0 Å². The lowest BCUT2D eigenvalue weighted by Gasteiger charge is -2.30. The smallest absolute Gasteiger partial charge is 0.127 e. The highest BCUT2D eigenvalue weighted by Gasteiger charge is 2.28. The van der Waals surface area contributed by atoms with E-state index in [9.17, 15) is 5.11 Å². The monoisotopic (exact) mass is 416 g/mol. The zero-order valence-corrected chi connectivity index (χ0v) is 14.2. The van der Waals surface area contributed by atoms with Gasteiger partial charge in [-0.05, 0) is 51.8 Å². The van der Waals surface area contributed by atoms with Crippen molar-refractivity contribution in [2.45, 2.75) is 18.6 Å². The average molecular weight is 419 g/mol.